The van der Waals surface area contributed by atoms with Gasteiger partial charge in [-0.3, -0.25) is 9.59 Å². The molecule has 7 heteroatoms. The van der Waals surface area contributed by atoms with Crippen LogP contribution in [0.2, 0.25) is 0 Å². The van der Waals surface area contributed by atoms with Crippen molar-refractivity contribution in [3.63, 3.8) is 0 Å². The standard InChI is InChI=1S/C21H24N4O2S/c1-13-4-6-16(7-5-13)18-14(2)28-21-19(18)20(27)22-17(23-21)12-24-8-10-25(11-9-24)15(3)26/h4-7H,8-12H2,1-3H3,(H,22,23,27)/p+1. The van der Waals surface area contributed by atoms with Crippen molar-refractivity contribution in [2.45, 2.75) is 27.3 Å². The van der Waals surface area contributed by atoms with Crippen molar-refractivity contribution in [3.05, 3.63) is 50.9 Å². The van der Waals surface area contributed by atoms with Crippen molar-refractivity contribution < 1.29 is 9.69 Å². The number of piperazine rings is 1. The summed E-state index contributed by atoms with van der Waals surface area (Å²) in [7, 11) is 0. The Morgan fingerprint density at radius 3 is 2.54 bits per heavy atom. The lowest BCUT2D eigenvalue weighted by Gasteiger charge is -2.31. The Morgan fingerprint density at radius 1 is 1.21 bits per heavy atom. The Hall–Kier alpha value is -2.51. The average molecular weight is 398 g/mol. The van der Waals surface area contributed by atoms with Crippen molar-refractivity contribution >= 4 is 27.5 Å². The molecule has 2 N–H and O–H groups in total. The van der Waals surface area contributed by atoms with Gasteiger partial charge >= 0.3 is 0 Å². The first-order chi connectivity index (χ1) is 13.4. The summed E-state index contributed by atoms with van der Waals surface area (Å²) in [5.41, 5.74) is 3.17. The molecule has 0 aliphatic carbocycles. The van der Waals surface area contributed by atoms with Crippen LogP contribution < -0.4 is 10.5 Å². The van der Waals surface area contributed by atoms with Gasteiger partial charge in [-0.15, -0.1) is 11.3 Å². The van der Waals surface area contributed by atoms with Crippen molar-refractivity contribution in [1.82, 2.24) is 14.9 Å². The van der Waals surface area contributed by atoms with Gasteiger partial charge in [0.1, 0.15) is 11.4 Å². The molecule has 1 aliphatic heterocycles. The van der Waals surface area contributed by atoms with Crippen LogP contribution in [-0.4, -0.2) is 47.0 Å². The Labute approximate surface area is 167 Å². The van der Waals surface area contributed by atoms with Gasteiger partial charge in [-0.1, -0.05) is 29.8 Å². The maximum Gasteiger partial charge on any atom is 0.260 e. The number of benzene rings is 1. The van der Waals surface area contributed by atoms with E-state index in [1.165, 1.54) is 10.5 Å². The number of carbonyl (C=O) groups excluding carboxylic acids is 1. The maximum absolute atomic E-state index is 12.9. The first kappa shape index (κ1) is 18.8. The van der Waals surface area contributed by atoms with Crippen molar-refractivity contribution in [2.75, 3.05) is 26.2 Å². The second-order valence-electron chi connectivity index (χ2n) is 7.52. The van der Waals surface area contributed by atoms with E-state index in [2.05, 4.69) is 36.2 Å². The molecule has 4 rings (SSSR count). The molecule has 3 aromatic rings. The van der Waals surface area contributed by atoms with Crippen LogP contribution in [0.5, 0.6) is 0 Å². The predicted octanol–water partition coefficient (Wildman–Crippen LogP) is 1.52. The van der Waals surface area contributed by atoms with E-state index in [-0.39, 0.29) is 11.5 Å². The predicted molar refractivity (Wildman–Crippen MR) is 112 cm³/mol. The number of aromatic amines is 1. The SMILES string of the molecule is CC(=O)N1CC[NH+](Cc2nc3sc(C)c(-c4ccc(C)cc4)c3c(=O)[nH]2)CC1. The van der Waals surface area contributed by atoms with Crippen LogP contribution in [0, 0.1) is 13.8 Å². The molecular weight excluding hydrogens is 372 g/mol. The fourth-order valence-electron chi connectivity index (χ4n) is 3.87. The molecule has 1 aromatic carbocycles. The number of H-pyrrole nitrogens is 1. The van der Waals surface area contributed by atoms with E-state index in [1.807, 2.05) is 11.8 Å². The second-order valence-corrected chi connectivity index (χ2v) is 8.73. The fraction of sp³-hybridized carbons (Fsp3) is 0.381. The van der Waals surface area contributed by atoms with Gasteiger partial charge in [-0.25, -0.2) is 4.98 Å². The molecule has 0 saturated carbocycles. The molecule has 28 heavy (non-hydrogen) atoms. The quantitative estimate of drug-likeness (QED) is 0.704. The Kier molecular flexibility index (Phi) is 5.03. The number of aryl methyl sites for hydroxylation is 2. The molecule has 1 amide bonds. The largest absolute Gasteiger partial charge is 0.332 e. The van der Waals surface area contributed by atoms with Crippen LogP contribution in [0.15, 0.2) is 29.1 Å². The molecule has 1 fully saturated rings. The summed E-state index contributed by atoms with van der Waals surface area (Å²) in [6.45, 7) is 9.66. The lowest BCUT2D eigenvalue weighted by molar-refractivity contribution is -0.918. The number of rotatable bonds is 3. The highest BCUT2D eigenvalue weighted by Gasteiger charge is 2.23. The number of amides is 1. The van der Waals surface area contributed by atoms with Crippen LogP contribution in [0.4, 0.5) is 0 Å². The molecule has 0 unspecified atom stereocenters. The Morgan fingerprint density at radius 2 is 1.89 bits per heavy atom. The summed E-state index contributed by atoms with van der Waals surface area (Å²) in [6.07, 6.45) is 0. The molecule has 3 heterocycles. The lowest BCUT2D eigenvalue weighted by Crippen LogP contribution is -3.13. The average Bonchev–Trinajstić information content (AvgIpc) is 2.99. The van der Waals surface area contributed by atoms with E-state index >= 15 is 0 Å². The van der Waals surface area contributed by atoms with E-state index in [9.17, 15) is 9.59 Å². The maximum atomic E-state index is 12.9. The van der Waals surface area contributed by atoms with Gasteiger partial charge in [0, 0.05) is 17.4 Å². The van der Waals surface area contributed by atoms with Gasteiger partial charge in [0.15, 0.2) is 5.82 Å². The molecule has 2 aromatic heterocycles. The summed E-state index contributed by atoms with van der Waals surface area (Å²) in [6, 6.07) is 8.27. The molecule has 1 saturated heterocycles. The third kappa shape index (κ3) is 3.59. The van der Waals surface area contributed by atoms with Gasteiger partial charge in [0.25, 0.3) is 5.56 Å². The molecule has 0 atom stereocenters. The molecule has 0 bridgehead atoms. The number of fused-ring (bicyclic) bond motifs is 1. The summed E-state index contributed by atoms with van der Waals surface area (Å²) in [5.74, 6) is 0.852. The summed E-state index contributed by atoms with van der Waals surface area (Å²) in [4.78, 5) is 37.3. The highest BCUT2D eigenvalue weighted by Crippen LogP contribution is 2.35. The molecular formula is C21H25N4O2S+. The zero-order valence-electron chi connectivity index (χ0n) is 16.5. The summed E-state index contributed by atoms with van der Waals surface area (Å²) < 4.78 is 0. The van der Waals surface area contributed by atoms with Crippen LogP contribution in [0.3, 0.4) is 0 Å². The first-order valence-corrected chi connectivity index (χ1v) is 10.4. The number of thiophene rings is 1. The van der Waals surface area contributed by atoms with E-state index in [4.69, 9.17) is 4.98 Å². The first-order valence-electron chi connectivity index (χ1n) is 9.61. The smallest absolute Gasteiger partial charge is 0.260 e. The molecule has 0 spiro atoms. The highest BCUT2D eigenvalue weighted by molar-refractivity contribution is 7.19. The lowest BCUT2D eigenvalue weighted by atomic mass is 10.0. The minimum absolute atomic E-state index is 0.0679. The number of aromatic nitrogens is 2. The summed E-state index contributed by atoms with van der Waals surface area (Å²) >= 11 is 1.58. The minimum atomic E-state index is -0.0679. The second kappa shape index (κ2) is 7.48. The molecule has 6 nitrogen and oxygen atoms in total. The number of nitrogens with zero attached hydrogens (tertiary/aromatic N) is 2. The van der Waals surface area contributed by atoms with E-state index in [1.54, 1.807) is 18.3 Å². The van der Waals surface area contributed by atoms with Crippen LogP contribution >= 0.6 is 11.3 Å². The number of hydrogen-bond donors (Lipinski definition) is 2. The third-order valence-corrected chi connectivity index (χ3v) is 6.46. The van der Waals surface area contributed by atoms with Crippen molar-refractivity contribution in [1.29, 1.82) is 0 Å². The molecule has 0 radical (unpaired) electrons. The normalized spacial score (nSPS) is 15.3. The number of hydrogen-bond acceptors (Lipinski definition) is 4. The monoisotopic (exact) mass is 397 g/mol. The number of quaternary nitrogens is 1. The number of nitrogens with one attached hydrogen (secondary N) is 2. The molecule has 1 aliphatic rings. The zero-order chi connectivity index (χ0) is 19.8. The van der Waals surface area contributed by atoms with Crippen molar-refractivity contribution in [3.8, 4) is 11.1 Å². The Bertz CT molecular complexity index is 1080. The minimum Gasteiger partial charge on any atom is -0.332 e. The van der Waals surface area contributed by atoms with E-state index in [0.717, 1.165) is 52.8 Å². The zero-order valence-corrected chi connectivity index (χ0v) is 17.3. The molecule has 146 valence electrons. The Balaban J connectivity index is 1.62. The van der Waals surface area contributed by atoms with Gasteiger partial charge < -0.3 is 14.8 Å². The van der Waals surface area contributed by atoms with Crippen LogP contribution in [0.25, 0.3) is 21.3 Å². The third-order valence-electron chi connectivity index (χ3n) is 5.46. The summed E-state index contributed by atoms with van der Waals surface area (Å²) in [5, 5.41) is 0.687. The topological polar surface area (TPSA) is 70.5 Å². The van der Waals surface area contributed by atoms with Crippen LogP contribution in [-0.2, 0) is 11.3 Å². The van der Waals surface area contributed by atoms with E-state index < -0.39 is 0 Å². The highest BCUT2D eigenvalue weighted by atomic mass is 32.1. The van der Waals surface area contributed by atoms with E-state index in [0.29, 0.717) is 11.9 Å². The van der Waals surface area contributed by atoms with Gasteiger partial charge in [-0.05, 0) is 19.4 Å². The van der Waals surface area contributed by atoms with Gasteiger partial charge in [-0.2, -0.15) is 0 Å². The number of carbonyl (C=O) groups is 1. The van der Waals surface area contributed by atoms with Gasteiger partial charge in [0.05, 0.1) is 31.6 Å². The fourth-order valence-corrected chi connectivity index (χ4v) is 4.93. The van der Waals surface area contributed by atoms with Crippen LogP contribution in [0.1, 0.15) is 23.2 Å². The van der Waals surface area contributed by atoms with Crippen molar-refractivity contribution in [2.24, 2.45) is 0 Å². The van der Waals surface area contributed by atoms with Gasteiger partial charge in [0.2, 0.25) is 5.91 Å².